The van der Waals surface area contributed by atoms with Crippen molar-refractivity contribution in [1.29, 1.82) is 0 Å². The summed E-state index contributed by atoms with van der Waals surface area (Å²) in [5.74, 6) is 0. The molecule has 1 heteroatoms. The molecule has 0 atom stereocenters. The lowest BCUT2D eigenvalue weighted by atomic mass is 9.85. The fourth-order valence-corrected chi connectivity index (χ4v) is 5.70. The van der Waals surface area contributed by atoms with Crippen LogP contribution in [0.5, 0.6) is 0 Å². The van der Waals surface area contributed by atoms with E-state index >= 15 is 0 Å². The number of rotatable bonds is 4. The molecule has 0 bridgehead atoms. The Morgan fingerprint density at radius 3 is 1.35 bits per heavy atom. The average Bonchev–Trinajstić information content (AvgIpc) is 3.97. The first-order chi connectivity index (χ1) is 36.4. The summed E-state index contributed by atoms with van der Waals surface area (Å²) in [4.78, 5) is 0. The van der Waals surface area contributed by atoms with Crippen molar-refractivity contribution in [3.05, 3.63) is 181 Å². The molecule has 0 aliphatic rings. The minimum Gasteiger partial charge on any atom is -0.456 e. The minimum atomic E-state index is -0.962. The number of hydrogen-bond acceptors (Lipinski definition) is 1. The maximum Gasteiger partial charge on any atom is 0.136 e. The summed E-state index contributed by atoms with van der Waals surface area (Å²) in [6, 6.07) is -24.4. The van der Waals surface area contributed by atoms with Gasteiger partial charge in [0.1, 0.15) is 11.2 Å². The van der Waals surface area contributed by atoms with Gasteiger partial charge < -0.3 is 4.42 Å². The molecule has 0 aliphatic heterocycles. The van der Waals surface area contributed by atoms with Gasteiger partial charge in [-0.25, -0.2) is 0 Å². The van der Waals surface area contributed by atoms with E-state index in [9.17, 15) is 15.1 Å². The van der Waals surface area contributed by atoms with E-state index in [1.165, 1.54) is 0 Å². The molecule has 0 aliphatic carbocycles. The van der Waals surface area contributed by atoms with E-state index in [-0.39, 0.29) is 0 Å². The van der Waals surface area contributed by atoms with Crippen LogP contribution >= 0.6 is 0 Å². The lowest BCUT2D eigenvalue weighted by Gasteiger charge is -2.18. The topological polar surface area (TPSA) is 13.1 Å². The van der Waals surface area contributed by atoms with Crippen LogP contribution in [0.1, 0.15) is 39.8 Å². The Bertz CT molecular complexity index is 4400. The van der Waals surface area contributed by atoms with E-state index in [1.54, 1.807) is 0 Å². The van der Waals surface area contributed by atoms with Crippen LogP contribution in [0.4, 0.5) is 0 Å². The Labute approximate surface area is 325 Å². The van der Waals surface area contributed by atoms with Gasteiger partial charge in [0.25, 0.3) is 0 Å². The monoisotopic (exact) mass is 651 g/mol. The molecule has 0 saturated carbocycles. The van der Waals surface area contributed by atoms with E-state index in [1.807, 2.05) is 0 Å². The molecular formula is C48H30O. The third kappa shape index (κ3) is 4.55. The van der Waals surface area contributed by atoms with Gasteiger partial charge in [0, 0.05) is 10.8 Å². The lowest BCUT2D eigenvalue weighted by Crippen LogP contribution is -1.90. The van der Waals surface area contributed by atoms with Crippen molar-refractivity contribution in [1.82, 2.24) is 0 Å². The smallest absolute Gasteiger partial charge is 0.136 e. The summed E-state index contributed by atoms with van der Waals surface area (Å²) >= 11 is 0. The number of furan rings is 1. The number of benzene rings is 9. The van der Waals surface area contributed by atoms with Crippen LogP contribution in [-0.4, -0.2) is 0 Å². The Balaban J connectivity index is 1.32. The molecule has 10 aromatic rings. The first kappa shape index (κ1) is 11.3. The van der Waals surface area contributed by atoms with Gasteiger partial charge in [0.2, 0.25) is 0 Å². The Morgan fingerprint density at radius 2 is 0.755 bits per heavy atom. The van der Waals surface area contributed by atoms with Crippen LogP contribution in [0.3, 0.4) is 0 Å². The van der Waals surface area contributed by atoms with E-state index in [0.29, 0.717) is 0 Å². The fourth-order valence-electron chi connectivity index (χ4n) is 5.70. The predicted octanol–water partition coefficient (Wildman–Crippen LogP) is 13.7. The highest BCUT2D eigenvalue weighted by atomic mass is 16.3. The molecule has 0 amide bonds. The van der Waals surface area contributed by atoms with Gasteiger partial charge in [-0.1, -0.05) is 145 Å². The van der Waals surface area contributed by atoms with Crippen molar-refractivity contribution in [2.24, 2.45) is 0 Å². The van der Waals surface area contributed by atoms with Crippen LogP contribution < -0.4 is 0 Å². The molecule has 0 unspecified atom stereocenters. The molecule has 0 radical (unpaired) electrons. The quantitative estimate of drug-likeness (QED) is 0.173. The highest BCUT2D eigenvalue weighted by Gasteiger charge is 2.17. The summed E-state index contributed by atoms with van der Waals surface area (Å²) in [7, 11) is 0. The van der Waals surface area contributed by atoms with Gasteiger partial charge in [0.05, 0.1) is 39.8 Å². The van der Waals surface area contributed by atoms with Gasteiger partial charge in [-0.15, -0.1) is 0 Å². The molecule has 1 nitrogen and oxygen atoms in total. The Hall–Kier alpha value is -6.44. The molecule has 0 saturated heterocycles. The maximum absolute atomic E-state index is 9.72. The SMILES string of the molecule is [2H]c1cc2c([2H])c(-c3c([2H])c([2H])c4c(oc5c([2H])c(-c6c([2H])c([2H])c([2H])c([2H])c6[2H])c([2H])c([2H])c54)c3[2H])c([2H])c([2H])c2c([2H])c1-c1c2c([2H])c([2H])c([2H])c([2H])c2c(-c2c([2H])c([2H])c([2H])c([2H])c2[2H])c2c([2H])c([2H])c([2H])c([2H])c12. The van der Waals surface area contributed by atoms with Crippen LogP contribution in [0.2, 0.25) is 0 Å². The zero-order valence-electron chi connectivity index (χ0n) is 53.5. The average molecular weight is 652 g/mol. The van der Waals surface area contributed by atoms with E-state index in [0.717, 1.165) is 6.07 Å². The van der Waals surface area contributed by atoms with Crippen molar-refractivity contribution >= 4 is 54.3 Å². The van der Waals surface area contributed by atoms with E-state index in [4.69, 9.17) is 29.1 Å². The van der Waals surface area contributed by atoms with Gasteiger partial charge in [-0.05, 0) is 113 Å². The van der Waals surface area contributed by atoms with Crippen molar-refractivity contribution < 1.29 is 44.2 Å². The van der Waals surface area contributed by atoms with Crippen molar-refractivity contribution in [3.8, 4) is 44.5 Å². The lowest BCUT2D eigenvalue weighted by molar-refractivity contribution is 0.669. The molecule has 10 rings (SSSR count). The van der Waals surface area contributed by atoms with Gasteiger partial charge in [-0.2, -0.15) is 0 Å². The van der Waals surface area contributed by atoms with Crippen molar-refractivity contribution in [2.45, 2.75) is 0 Å². The molecule has 0 N–H and O–H groups in total. The molecule has 1 aromatic heterocycles. The molecule has 49 heavy (non-hydrogen) atoms. The van der Waals surface area contributed by atoms with Crippen molar-refractivity contribution in [3.63, 3.8) is 0 Å². The van der Waals surface area contributed by atoms with Crippen LogP contribution in [0.15, 0.2) is 186 Å². The second kappa shape index (κ2) is 11.1. The third-order valence-electron chi connectivity index (χ3n) is 7.84. The summed E-state index contributed by atoms with van der Waals surface area (Å²) in [6.45, 7) is 0. The van der Waals surface area contributed by atoms with Gasteiger partial charge >= 0.3 is 0 Å². The molecular weight excluding hydrogens is 593 g/mol. The number of hydrogen-bond donors (Lipinski definition) is 0. The summed E-state index contributed by atoms with van der Waals surface area (Å²) in [5, 5.41) is -4.55. The molecule has 228 valence electrons. The standard InChI is InChI=1S/C48H30O/c1-3-11-31(12-4-1)36-23-25-39-40-26-24-37(30-46(40)49-45(39)29-36)34-19-20-35-28-38(22-21-33(35)27-34)48-43-17-9-7-15-41(43)47(32-13-5-2-6-14-32)42-16-8-10-18-44(42)48/h1-30H/i1D,2D,3D,4D,5D,6D,7D,8D,9D,10D,11D,12D,13D,14D,15D,16D,17D,18D,19D,20D,22D,23D,24D,25D,26D,27D,28D,29D,30D. The fraction of sp³-hybridized carbons (Fsp3) is 0. The Morgan fingerprint density at radius 1 is 0.306 bits per heavy atom. The predicted molar refractivity (Wildman–Crippen MR) is 208 cm³/mol. The zero-order chi connectivity index (χ0) is 57.5. The molecule has 9 aromatic carbocycles. The third-order valence-corrected chi connectivity index (χ3v) is 7.84. The largest absolute Gasteiger partial charge is 0.456 e. The normalized spacial score (nSPS) is 20.0. The summed E-state index contributed by atoms with van der Waals surface area (Å²) < 4.78 is 264. The first-order valence-electron chi connectivity index (χ1n) is 29.0. The van der Waals surface area contributed by atoms with Crippen LogP contribution in [0.25, 0.3) is 98.8 Å². The highest BCUT2D eigenvalue weighted by molar-refractivity contribution is 6.21. The Kier molecular flexibility index (Phi) is 2.56. The second-order valence-electron chi connectivity index (χ2n) is 10.6. The van der Waals surface area contributed by atoms with Crippen LogP contribution in [-0.2, 0) is 0 Å². The van der Waals surface area contributed by atoms with Crippen LogP contribution in [0, 0.1) is 0 Å². The summed E-state index contributed by atoms with van der Waals surface area (Å²) in [6.07, 6.45) is 0. The maximum atomic E-state index is 9.72. The van der Waals surface area contributed by atoms with Crippen molar-refractivity contribution in [2.75, 3.05) is 0 Å². The second-order valence-corrected chi connectivity index (χ2v) is 10.6. The molecule has 1 heterocycles. The van der Waals surface area contributed by atoms with Gasteiger partial charge in [0.15, 0.2) is 0 Å². The number of fused-ring (bicyclic) bond motifs is 6. The van der Waals surface area contributed by atoms with Gasteiger partial charge in [-0.3, -0.25) is 0 Å². The summed E-state index contributed by atoms with van der Waals surface area (Å²) in [5.41, 5.74) is -6.48. The van der Waals surface area contributed by atoms with E-state index < -0.39 is 274 Å². The minimum absolute atomic E-state index is 0.437. The molecule has 0 fully saturated rings. The zero-order valence-corrected chi connectivity index (χ0v) is 24.5. The van der Waals surface area contributed by atoms with E-state index in [2.05, 4.69) is 0 Å². The first-order valence-corrected chi connectivity index (χ1v) is 14.5. The molecule has 0 spiro atoms. The highest BCUT2D eigenvalue weighted by Crippen LogP contribution is 2.44.